The van der Waals surface area contributed by atoms with Gasteiger partial charge in [0, 0.05) is 5.92 Å². The zero-order valence-electron chi connectivity index (χ0n) is 5.25. The molecule has 1 heterocycles. The van der Waals surface area contributed by atoms with E-state index in [-0.39, 0.29) is 0 Å². The molecule has 0 saturated heterocycles. The van der Waals surface area contributed by atoms with Gasteiger partial charge in [-0.3, -0.25) is 0 Å². The lowest BCUT2D eigenvalue weighted by Crippen LogP contribution is -2.19. The van der Waals surface area contributed by atoms with Gasteiger partial charge in [0.15, 0.2) is 0 Å². The normalized spacial score (nSPS) is 25.1. The van der Waals surface area contributed by atoms with Gasteiger partial charge >= 0.3 is 0 Å². The molecular formula is C7H9N2. The molecule has 1 radical (unpaired) electrons. The first-order chi connectivity index (χ1) is 4.47. The Labute approximate surface area is 54.6 Å². The zero-order valence-corrected chi connectivity index (χ0v) is 5.25. The Bertz CT molecular complexity index is 166. The molecule has 2 heteroatoms. The van der Waals surface area contributed by atoms with Gasteiger partial charge in [0.05, 0.1) is 11.9 Å². The standard InChI is InChI=1S/C7H9N2/c1-2-6(3-1)7-4-5-8-9-7/h4-6H,1-3H2. The molecule has 0 atom stereocenters. The van der Waals surface area contributed by atoms with E-state index < -0.39 is 0 Å². The molecule has 2 nitrogen and oxygen atoms in total. The molecule has 47 valence electrons. The second-order valence-electron chi connectivity index (χ2n) is 2.58. The summed E-state index contributed by atoms with van der Waals surface area (Å²) in [6.45, 7) is 0. The van der Waals surface area contributed by atoms with Crippen molar-refractivity contribution in [1.29, 1.82) is 0 Å². The lowest BCUT2D eigenvalue weighted by Gasteiger charge is -2.23. The predicted molar refractivity (Wildman–Crippen MR) is 36.1 cm³/mol. The number of allylic oxidation sites excluding steroid dienone is 1. The number of hydrogen-bond acceptors (Lipinski definition) is 1. The van der Waals surface area contributed by atoms with Crippen molar-refractivity contribution in [3.63, 3.8) is 0 Å². The Kier molecular flexibility index (Phi) is 1.04. The van der Waals surface area contributed by atoms with E-state index in [0.717, 1.165) is 5.92 Å². The third-order valence-electron chi connectivity index (χ3n) is 2.01. The summed E-state index contributed by atoms with van der Waals surface area (Å²) >= 11 is 0. The third kappa shape index (κ3) is 0.745. The highest BCUT2D eigenvalue weighted by Crippen LogP contribution is 2.28. The van der Waals surface area contributed by atoms with E-state index in [0.29, 0.717) is 0 Å². The molecule has 1 aliphatic heterocycles. The lowest BCUT2D eigenvalue weighted by atomic mass is 9.82. The molecule has 9 heavy (non-hydrogen) atoms. The van der Waals surface area contributed by atoms with Crippen molar-refractivity contribution in [3.8, 4) is 0 Å². The van der Waals surface area contributed by atoms with Crippen molar-refractivity contribution < 1.29 is 0 Å². The van der Waals surface area contributed by atoms with E-state index in [9.17, 15) is 0 Å². The van der Waals surface area contributed by atoms with E-state index in [1.165, 1.54) is 25.0 Å². The van der Waals surface area contributed by atoms with Crippen LogP contribution in [0.4, 0.5) is 0 Å². The average molecular weight is 121 g/mol. The summed E-state index contributed by atoms with van der Waals surface area (Å²) < 4.78 is 0. The largest absolute Gasteiger partial charge is 0.159 e. The molecule has 0 amide bonds. The summed E-state index contributed by atoms with van der Waals surface area (Å²) in [4.78, 5) is 0. The Hall–Kier alpha value is -0.790. The summed E-state index contributed by atoms with van der Waals surface area (Å²) in [5.74, 6) is 0.743. The minimum Gasteiger partial charge on any atom is -0.159 e. The zero-order chi connectivity index (χ0) is 6.10. The highest BCUT2D eigenvalue weighted by Gasteiger charge is 2.22. The van der Waals surface area contributed by atoms with Gasteiger partial charge in [0.25, 0.3) is 0 Å². The molecule has 0 bridgehead atoms. The summed E-state index contributed by atoms with van der Waals surface area (Å²) in [6.07, 6.45) is 7.80. The molecule has 1 saturated carbocycles. The van der Waals surface area contributed by atoms with Crippen molar-refractivity contribution in [2.75, 3.05) is 0 Å². The summed E-state index contributed by atoms with van der Waals surface area (Å²) in [7, 11) is 0. The van der Waals surface area contributed by atoms with Gasteiger partial charge in [-0.2, -0.15) is 10.5 Å². The second kappa shape index (κ2) is 1.87. The topological polar surface area (TPSA) is 26.5 Å². The third-order valence-corrected chi connectivity index (χ3v) is 2.01. The summed E-state index contributed by atoms with van der Waals surface area (Å²) in [5.41, 5.74) is 4.97. The average Bonchev–Trinajstić information content (AvgIpc) is 2.11. The molecular weight excluding hydrogens is 112 g/mol. The first-order valence-corrected chi connectivity index (χ1v) is 3.41. The molecule has 2 rings (SSSR count). The fraction of sp³-hybridized carbons (Fsp3) is 0.571. The van der Waals surface area contributed by atoms with E-state index in [2.05, 4.69) is 10.5 Å². The second-order valence-corrected chi connectivity index (χ2v) is 2.58. The van der Waals surface area contributed by atoms with Gasteiger partial charge in [0.1, 0.15) is 0 Å². The Morgan fingerprint density at radius 2 is 2.33 bits per heavy atom. The number of rotatable bonds is 1. The lowest BCUT2D eigenvalue weighted by molar-refractivity contribution is 0.414. The highest BCUT2D eigenvalue weighted by molar-refractivity contribution is 5.98. The molecule has 0 spiro atoms. The van der Waals surface area contributed by atoms with Gasteiger partial charge in [0.2, 0.25) is 0 Å². The van der Waals surface area contributed by atoms with Crippen LogP contribution >= 0.6 is 0 Å². The quantitative estimate of drug-likeness (QED) is 0.499. The van der Waals surface area contributed by atoms with Crippen LogP contribution in [0.5, 0.6) is 0 Å². The fourth-order valence-electron chi connectivity index (χ4n) is 1.16. The molecule has 0 aromatic carbocycles. The minimum atomic E-state index is 0.743. The molecule has 2 aliphatic rings. The summed E-state index contributed by atoms with van der Waals surface area (Å²) in [6, 6.07) is 0. The summed E-state index contributed by atoms with van der Waals surface area (Å²) in [5, 5.41) is 3.99. The van der Waals surface area contributed by atoms with Gasteiger partial charge in [-0.15, -0.1) is 0 Å². The predicted octanol–water partition coefficient (Wildman–Crippen LogP) is 1.27. The smallest absolute Gasteiger partial charge is 0.0677 e. The van der Waals surface area contributed by atoms with E-state index >= 15 is 0 Å². The van der Waals surface area contributed by atoms with Gasteiger partial charge in [-0.05, 0) is 18.9 Å². The van der Waals surface area contributed by atoms with E-state index in [1.54, 1.807) is 6.20 Å². The van der Waals surface area contributed by atoms with Crippen LogP contribution in [0.1, 0.15) is 19.3 Å². The maximum Gasteiger partial charge on any atom is 0.0677 e. The Morgan fingerprint density at radius 3 is 2.78 bits per heavy atom. The van der Waals surface area contributed by atoms with Crippen molar-refractivity contribution in [3.05, 3.63) is 12.3 Å². The number of nitrogens with zero attached hydrogens (tertiary/aromatic N) is 2. The first-order valence-electron chi connectivity index (χ1n) is 3.41. The fourth-order valence-corrected chi connectivity index (χ4v) is 1.16. The van der Waals surface area contributed by atoms with Crippen LogP contribution in [0.3, 0.4) is 0 Å². The molecule has 0 N–H and O–H groups in total. The van der Waals surface area contributed by atoms with Crippen molar-refractivity contribution in [2.45, 2.75) is 19.3 Å². The van der Waals surface area contributed by atoms with Crippen molar-refractivity contribution in [2.24, 2.45) is 11.0 Å². The van der Waals surface area contributed by atoms with Crippen LogP contribution in [0.25, 0.3) is 0 Å². The van der Waals surface area contributed by atoms with E-state index in [4.69, 9.17) is 0 Å². The van der Waals surface area contributed by atoms with Gasteiger partial charge in [-0.1, -0.05) is 6.42 Å². The van der Waals surface area contributed by atoms with E-state index in [1.807, 2.05) is 6.08 Å². The van der Waals surface area contributed by atoms with Crippen LogP contribution in [0, 0.1) is 5.92 Å². The maximum atomic E-state index is 3.99. The Morgan fingerprint density at radius 1 is 1.44 bits per heavy atom. The van der Waals surface area contributed by atoms with Crippen LogP contribution in [0.15, 0.2) is 17.4 Å². The molecule has 0 aromatic heterocycles. The first kappa shape index (κ1) is 5.03. The van der Waals surface area contributed by atoms with Gasteiger partial charge in [-0.25, -0.2) is 0 Å². The number of hydrogen-bond donors (Lipinski definition) is 0. The highest BCUT2D eigenvalue weighted by atomic mass is 15.3. The minimum absolute atomic E-state index is 0.743. The SMILES string of the molecule is C1=CC(C2CCC2)=N[N]1. The molecule has 0 aromatic rings. The van der Waals surface area contributed by atoms with Crippen molar-refractivity contribution >= 4 is 5.71 Å². The van der Waals surface area contributed by atoms with Crippen molar-refractivity contribution in [1.82, 2.24) is 5.43 Å². The Balaban J connectivity index is 2.03. The maximum absolute atomic E-state index is 3.99. The van der Waals surface area contributed by atoms with Crippen LogP contribution < -0.4 is 5.43 Å². The molecule has 1 fully saturated rings. The van der Waals surface area contributed by atoms with Crippen LogP contribution in [-0.4, -0.2) is 5.71 Å². The van der Waals surface area contributed by atoms with Crippen LogP contribution in [0.2, 0.25) is 0 Å². The molecule has 0 unspecified atom stereocenters. The van der Waals surface area contributed by atoms with Crippen LogP contribution in [-0.2, 0) is 0 Å². The monoisotopic (exact) mass is 121 g/mol. The molecule has 1 aliphatic carbocycles. The van der Waals surface area contributed by atoms with Gasteiger partial charge < -0.3 is 0 Å².